The number of aromatic nitrogens is 2. The number of carboxylic acid groups (broad SMARTS) is 1. The van der Waals surface area contributed by atoms with Crippen LogP contribution in [0.1, 0.15) is 52.9 Å². The van der Waals surface area contributed by atoms with E-state index in [0.717, 1.165) is 30.5 Å². The zero-order valence-corrected chi connectivity index (χ0v) is 17.6. The molecule has 2 heterocycles. The molecular formula is C24H22F3N3O3. The lowest BCUT2D eigenvalue weighted by molar-refractivity contribution is -0.155. The standard InChI is InChI=1S/C24H22F3N3O3/c25-24(26,27)17-5-3-14(4-6-17)8-15-2-1-7-30-13-28-19(20(15)30)21(31)29-18-11-23(12-18)9-16(10-23)22(32)33/h1-7,13,16,18H,8-12H2,(H,29,31)(H,32,33)/t16-,18-,23?. The molecular weight excluding hydrogens is 435 g/mol. The van der Waals surface area contributed by atoms with Crippen LogP contribution in [-0.2, 0) is 17.4 Å². The number of carbonyl (C=O) groups excluding carboxylic acids is 1. The molecule has 0 saturated heterocycles. The highest BCUT2D eigenvalue weighted by atomic mass is 19.4. The lowest BCUT2D eigenvalue weighted by Crippen LogP contribution is -2.57. The molecule has 2 aromatic heterocycles. The zero-order valence-electron chi connectivity index (χ0n) is 17.6. The largest absolute Gasteiger partial charge is 0.481 e. The molecule has 2 fully saturated rings. The van der Waals surface area contributed by atoms with Gasteiger partial charge >= 0.3 is 12.1 Å². The molecule has 2 aliphatic rings. The molecule has 9 heteroatoms. The minimum atomic E-state index is -4.39. The number of hydrogen-bond donors (Lipinski definition) is 2. The maximum absolute atomic E-state index is 13.0. The summed E-state index contributed by atoms with van der Waals surface area (Å²) in [5.41, 5.74) is 1.73. The van der Waals surface area contributed by atoms with Crippen molar-refractivity contribution in [3.05, 3.63) is 71.3 Å². The van der Waals surface area contributed by atoms with Gasteiger partial charge in [-0.1, -0.05) is 18.2 Å². The van der Waals surface area contributed by atoms with Crippen molar-refractivity contribution < 1.29 is 27.9 Å². The molecule has 33 heavy (non-hydrogen) atoms. The SMILES string of the molecule is O=C(N[C@H]1CC2(C1)C[C@H](C(=O)O)C2)c1ncn2cccc(Cc3ccc(C(F)(F)F)cc3)c12. The molecule has 1 amide bonds. The Kier molecular flexibility index (Phi) is 4.95. The molecule has 6 nitrogen and oxygen atoms in total. The molecule has 2 aliphatic carbocycles. The van der Waals surface area contributed by atoms with Crippen LogP contribution >= 0.6 is 0 Å². The fourth-order valence-electron chi connectivity index (χ4n) is 5.30. The van der Waals surface area contributed by atoms with Crippen molar-refractivity contribution in [2.45, 2.75) is 44.3 Å². The number of aliphatic carboxylic acids is 1. The van der Waals surface area contributed by atoms with E-state index in [0.29, 0.717) is 30.3 Å². The van der Waals surface area contributed by atoms with Gasteiger partial charge in [-0.2, -0.15) is 13.2 Å². The summed E-state index contributed by atoms with van der Waals surface area (Å²) in [5.74, 6) is -1.32. The van der Waals surface area contributed by atoms with Crippen molar-refractivity contribution in [2.75, 3.05) is 0 Å². The Hall–Kier alpha value is -3.36. The van der Waals surface area contributed by atoms with Gasteiger partial charge in [0.2, 0.25) is 0 Å². The number of alkyl halides is 3. The van der Waals surface area contributed by atoms with Gasteiger partial charge in [-0.25, -0.2) is 4.98 Å². The van der Waals surface area contributed by atoms with E-state index in [2.05, 4.69) is 10.3 Å². The third-order valence-corrected chi connectivity index (χ3v) is 6.94. The Morgan fingerprint density at radius 2 is 1.82 bits per heavy atom. The second kappa shape index (κ2) is 7.60. The minimum Gasteiger partial charge on any atom is -0.481 e. The summed E-state index contributed by atoms with van der Waals surface area (Å²) in [6.07, 6.45) is 2.17. The Morgan fingerprint density at radius 1 is 1.12 bits per heavy atom. The van der Waals surface area contributed by atoms with Gasteiger partial charge < -0.3 is 14.8 Å². The molecule has 1 aromatic carbocycles. The fraction of sp³-hybridized carbons (Fsp3) is 0.375. The van der Waals surface area contributed by atoms with Crippen LogP contribution in [-0.4, -0.2) is 32.4 Å². The molecule has 0 unspecified atom stereocenters. The summed E-state index contributed by atoms with van der Waals surface area (Å²) >= 11 is 0. The maximum atomic E-state index is 13.0. The number of carboxylic acids is 1. The highest BCUT2D eigenvalue weighted by Gasteiger charge is 2.55. The van der Waals surface area contributed by atoms with E-state index in [1.165, 1.54) is 12.1 Å². The van der Waals surface area contributed by atoms with E-state index >= 15 is 0 Å². The Bertz CT molecular complexity index is 1220. The minimum absolute atomic E-state index is 0.00827. The van der Waals surface area contributed by atoms with E-state index in [1.807, 2.05) is 6.07 Å². The van der Waals surface area contributed by atoms with Gasteiger partial charge in [-0.3, -0.25) is 9.59 Å². The normalized spacial score (nSPS) is 24.3. The summed E-state index contributed by atoms with van der Waals surface area (Å²) in [6, 6.07) is 8.64. The molecule has 0 radical (unpaired) electrons. The molecule has 0 bridgehead atoms. The first-order valence-electron chi connectivity index (χ1n) is 10.8. The predicted octanol–water partition coefficient (Wildman–Crippen LogP) is 4.32. The third kappa shape index (κ3) is 3.96. The summed E-state index contributed by atoms with van der Waals surface area (Å²) in [6.45, 7) is 0. The van der Waals surface area contributed by atoms with Crippen LogP contribution in [0.4, 0.5) is 13.2 Å². The summed E-state index contributed by atoms with van der Waals surface area (Å²) in [7, 11) is 0. The summed E-state index contributed by atoms with van der Waals surface area (Å²) < 4.78 is 40.3. The summed E-state index contributed by atoms with van der Waals surface area (Å²) in [4.78, 5) is 28.3. The predicted molar refractivity (Wildman–Crippen MR) is 113 cm³/mol. The van der Waals surface area contributed by atoms with E-state index in [-0.39, 0.29) is 29.0 Å². The van der Waals surface area contributed by atoms with Crippen molar-refractivity contribution in [1.82, 2.24) is 14.7 Å². The van der Waals surface area contributed by atoms with Gasteiger partial charge in [0.05, 0.1) is 17.0 Å². The van der Waals surface area contributed by atoms with Crippen LogP contribution in [0.5, 0.6) is 0 Å². The van der Waals surface area contributed by atoms with Crippen LogP contribution in [0, 0.1) is 11.3 Å². The number of benzene rings is 1. The number of nitrogens with one attached hydrogen (secondary N) is 1. The number of nitrogens with zero attached hydrogens (tertiary/aromatic N) is 2. The van der Waals surface area contributed by atoms with Crippen molar-refractivity contribution in [2.24, 2.45) is 11.3 Å². The zero-order chi connectivity index (χ0) is 23.4. The molecule has 2 saturated carbocycles. The van der Waals surface area contributed by atoms with Crippen LogP contribution in [0.3, 0.4) is 0 Å². The fourth-order valence-corrected chi connectivity index (χ4v) is 5.30. The van der Waals surface area contributed by atoms with Gasteiger partial charge in [0, 0.05) is 12.2 Å². The highest BCUT2D eigenvalue weighted by molar-refractivity contribution is 6.00. The molecule has 2 N–H and O–H groups in total. The van der Waals surface area contributed by atoms with Crippen LogP contribution in [0.2, 0.25) is 0 Å². The van der Waals surface area contributed by atoms with Gasteiger partial charge in [-0.05, 0) is 66.8 Å². The smallest absolute Gasteiger partial charge is 0.416 e. The van der Waals surface area contributed by atoms with Gasteiger partial charge in [0.25, 0.3) is 5.91 Å². The third-order valence-electron chi connectivity index (χ3n) is 6.94. The van der Waals surface area contributed by atoms with Crippen molar-refractivity contribution in [3.63, 3.8) is 0 Å². The average Bonchev–Trinajstić information content (AvgIpc) is 3.13. The molecule has 5 rings (SSSR count). The van der Waals surface area contributed by atoms with Crippen molar-refractivity contribution in [1.29, 1.82) is 0 Å². The molecule has 0 aliphatic heterocycles. The number of rotatable bonds is 5. The van der Waals surface area contributed by atoms with E-state index in [9.17, 15) is 22.8 Å². The topological polar surface area (TPSA) is 83.7 Å². The number of hydrogen-bond acceptors (Lipinski definition) is 3. The van der Waals surface area contributed by atoms with Crippen LogP contribution in [0.25, 0.3) is 5.52 Å². The Morgan fingerprint density at radius 3 is 2.45 bits per heavy atom. The molecule has 172 valence electrons. The number of imidazole rings is 1. The lowest BCUT2D eigenvalue weighted by Gasteiger charge is -2.56. The van der Waals surface area contributed by atoms with Crippen LogP contribution < -0.4 is 5.32 Å². The monoisotopic (exact) mass is 457 g/mol. The highest BCUT2D eigenvalue weighted by Crippen LogP contribution is 2.58. The maximum Gasteiger partial charge on any atom is 0.416 e. The second-order valence-electron chi connectivity index (χ2n) is 9.28. The number of amides is 1. The molecule has 1 spiro atoms. The first-order valence-corrected chi connectivity index (χ1v) is 10.8. The number of halogens is 3. The van der Waals surface area contributed by atoms with Crippen LogP contribution in [0.15, 0.2) is 48.9 Å². The summed E-state index contributed by atoms with van der Waals surface area (Å²) in [5, 5.41) is 12.1. The molecule has 3 aromatic rings. The van der Waals surface area contributed by atoms with Crippen molar-refractivity contribution >= 4 is 17.4 Å². The average molecular weight is 457 g/mol. The van der Waals surface area contributed by atoms with Gasteiger partial charge in [0.1, 0.15) is 6.33 Å². The van der Waals surface area contributed by atoms with Crippen molar-refractivity contribution in [3.8, 4) is 0 Å². The second-order valence-corrected chi connectivity index (χ2v) is 9.28. The number of pyridine rings is 1. The van der Waals surface area contributed by atoms with E-state index in [1.54, 1.807) is 23.0 Å². The first kappa shape index (κ1) is 21.5. The quantitative estimate of drug-likeness (QED) is 0.598. The van der Waals surface area contributed by atoms with Gasteiger partial charge in [0.15, 0.2) is 5.69 Å². The lowest BCUT2D eigenvalue weighted by atomic mass is 9.50. The molecule has 0 atom stereocenters. The first-order chi connectivity index (χ1) is 15.6. The number of fused-ring (bicyclic) bond motifs is 1. The van der Waals surface area contributed by atoms with E-state index in [4.69, 9.17) is 5.11 Å². The number of carbonyl (C=O) groups is 2. The Labute approximate surface area is 187 Å². The Balaban J connectivity index is 1.30. The van der Waals surface area contributed by atoms with E-state index < -0.39 is 17.7 Å². The van der Waals surface area contributed by atoms with Gasteiger partial charge in [-0.15, -0.1) is 0 Å².